The quantitative estimate of drug-likeness (QED) is 0.608. The Morgan fingerprint density at radius 2 is 2.10 bits per heavy atom. The lowest BCUT2D eigenvalue weighted by Gasteiger charge is -2.15. The molecule has 0 saturated heterocycles. The molecule has 1 aromatic carbocycles. The highest BCUT2D eigenvalue weighted by molar-refractivity contribution is 5.58. The van der Waals surface area contributed by atoms with E-state index in [0.717, 1.165) is 18.2 Å². The number of nitrogens with zero attached hydrogens (tertiary/aromatic N) is 1. The van der Waals surface area contributed by atoms with Crippen LogP contribution in [0.3, 0.4) is 0 Å². The Hall–Kier alpha value is -1.78. The molecule has 1 unspecified atom stereocenters. The van der Waals surface area contributed by atoms with Crippen molar-refractivity contribution < 1.29 is 9.66 Å². The minimum Gasteiger partial charge on any atom is -0.484 e. The van der Waals surface area contributed by atoms with Crippen molar-refractivity contribution in [1.29, 1.82) is 0 Å². The van der Waals surface area contributed by atoms with E-state index < -0.39 is 4.92 Å². The Balaban J connectivity index is 2.07. The van der Waals surface area contributed by atoms with E-state index in [1.54, 1.807) is 12.1 Å². The van der Waals surface area contributed by atoms with E-state index in [9.17, 15) is 10.1 Å². The SMILES string of the molecule is CC(C)Oc1cc(NCC(C)C2CC2)ccc1[N+](=O)[O-]. The van der Waals surface area contributed by atoms with Gasteiger partial charge >= 0.3 is 5.69 Å². The van der Waals surface area contributed by atoms with Crippen LogP contribution in [0.5, 0.6) is 5.75 Å². The van der Waals surface area contributed by atoms with Gasteiger partial charge in [0.2, 0.25) is 0 Å². The largest absolute Gasteiger partial charge is 0.484 e. The lowest BCUT2D eigenvalue weighted by atomic mass is 10.1. The third-order valence-corrected chi connectivity index (χ3v) is 3.57. The molecule has 5 heteroatoms. The van der Waals surface area contributed by atoms with Crippen molar-refractivity contribution >= 4 is 11.4 Å². The van der Waals surface area contributed by atoms with E-state index in [4.69, 9.17) is 4.74 Å². The monoisotopic (exact) mass is 278 g/mol. The summed E-state index contributed by atoms with van der Waals surface area (Å²) < 4.78 is 5.53. The smallest absolute Gasteiger partial charge is 0.311 e. The fourth-order valence-electron chi connectivity index (χ4n) is 2.23. The van der Waals surface area contributed by atoms with E-state index >= 15 is 0 Å². The zero-order valence-electron chi connectivity index (χ0n) is 12.3. The predicted molar refractivity (Wildman–Crippen MR) is 79.2 cm³/mol. The lowest BCUT2D eigenvalue weighted by Crippen LogP contribution is -2.13. The Bertz CT molecular complexity index is 484. The van der Waals surface area contributed by atoms with E-state index in [-0.39, 0.29) is 11.8 Å². The summed E-state index contributed by atoms with van der Waals surface area (Å²) in [7, 11) is 0. The summed E-state index contributed by atoms with van der Waals surface area (Å²) in [6, 6.07) is 4.96. The first-order valence-electron chi connectivity index (χ1n) is 7.16. The topological polar surface area (TPSA) is 64.4 Å². The molecule has 110 valence electrons. The molecule has 1 aliphatic rings. The second-order valence-corrected chi connectivity index (χ2v) is 5.80. The summed E-state index contributed by atoms with van der Waals surface area (Å²) in [6.45, 7) is 6.85. The van der Waals surface area contributed by atoms with Crippen molar-refractivity contribution in [2.45, 2.75) is 39.7 Å². The number of benzene rings is 1. The van der Waals surface area contributed by atoms with Crippen molar-refractivity contribution in [3.8, 4) is 5.75 Å². The number of rotatable bonds is 7. The molecule has 1 fully saturated rings. The van der Waals surface area contributed by atoms with E-state index in [2.05, 4.69) is 12.2 Å². The zero-order valence-corrected chi connectivity index (χ0v) is 12.3. The number of ether oxygens (including phenoxy) is 1. The minimum atomic E-state index is -0.408. The van der Waals surface area contributed by atoms with Gasteiger partial charge in [0.05, 0.1) is 11.0 Å². The fraction of sp³-hybridized carbons (Fsp3) is 0.600. The normalized spacial score (nSPS) is 16.0. The molecular weight excluding hydrogens is 256 g/mol. The Morgan fingerprint density at radius 3 is 2.65 bits per heavy atom. The molecule has 0 aliphatic heterocycles. The van der Waals surface area contributed by atoms with Gasteiger partial charge in [0.15, 0.2) is 5.75 Å². The van der Waals surface area contributed by atoms with Crippen LogP contribution in [0.4, 0.5) is 11.4 Å². The molecule has 20 heavy (non-hydrogen) atoms. The number of nitro benzene ring substituents is 1. The van der Waals surface area contributed by atoms with Crippen LogP contribution in [0.15, 0.2) is 18.2 Å². The van der Waals surface area contributed by atoms with E-state index in [1.807, 2.05) is 13.8 Å². The Morgan fingerprint density at radius 1 is 1.40 bits per heavy atom. The van der Waals surface area contributed by atoms with E-state index in [1.165, 1.54) is 18.9 Å². The third-order valence-electron chi connectivity index (χ3n) is 3.57. The summed E-state index contributed by atoms with van der Waals surface area (Å²) in [5.74, 6) is 1.81. The van der Waals surface area contributed by atoms with Crippen LogP contribution in [0.1, 0.15) is 33.6 Å². The van der Waals surface area contributed by atoms with Gasteiger partial charge in [-0.15, -0.1) is 0 Å². The van der Waals surface area contributed by atoms with Crippen LogP contribution < -0.4 is 10.1 Å². The van der Waals surface area contributed by atoms with Gasteiger partial charge in [0, 0.05) is 24.4 Å². The van der Waals surface area contributed by atoms with Crippen LogP contribution in [-0.2, 0) is 0 Å². The molecule has 1 aromatic rings. The van der Waals surface area contributed by atoms with Crippen molar-refractivity contribution in [3.63, 3.8) is 0 Å². The molecule has 2 rings (SSSR count). The maximum atomic E-state index is 11.0. The molecule has 1 N–H and O–H groups in total. The Labute approximate surface area is 119 Å². The zero-order chi connectivity index (χ0) is 14.7. The van der Waals surface area contributed by atoms with Crippen LogP contribution in [-0.4, -0.2) is 17.6 Å². The maximum Gasteiger partial charge on any atom is 0.311 e. The molecular formula is C15H22N2O3. The number of anilines is 1. The molecule has 0 amide bonds. The third kappa shape index (κ3) is 3.85. The van der Waals surface area contributed by atoms with Gasteiger partial charge in [-0.25, -0.2) is 0 Å². The first-order chi connectivity index (χ1) is 9.47. The van der Waals surface area contributed by atoms with Crippen LogP contribution in [0, 0.1) is 22.0 Å². The number of nitrogens with one attached hydrogen (secondary N) is 1. The molecule has 5 nitrogen and oxygen atoms in total. The maximum absolute atomic E-state index is 11.0. The van der Waals surface area contributed by atoms with Gasteiger partial charge in [0.25, 0.3) is 0 Å². The Kier molecular flexibility index (Phi) is 4.47. The number of nitro groups is 1. The van der Waals surface area contributed by atoms with Crippen molar-refractivity contribution in [2.24, 2.45) is 11.8 Å². The van der Waals surface area contributed by atoms with Crippen LogP contribution in [0.25, 0.3) is 0 Å². The van der Waals surface area contributed by atoms with Gasteiger partial charge in [-0.05, 0) is 44.6 Å². The van der Waals surface area contributed by atoms with Gasteiger partial charge < -0.3 is 10.1 Å². The fourth-order valence-corrected chi connectivity index (χ4v) is 2.23. The molecule has 1 aliphatic carbocycles. The number of hydrogen-bond acceptors (Lipinski definition) is 4. The van der Waals surface area contributed by atoms with E-state index in [0.29, 0.717) is 11.7 Å². The summed E-state index contributed by atoms with van der Waals surface area (Å²) in [5, 5.41) is 14.3. The summed E-state index contributed by atoms with van der Waals surface area (Å²) in [6.07, 6.45) is 2.56. The standard InChI is InChI=1S/C15H22N2O3/c1-10(2)20-15-8-13(6-7-14(15)17(18)19)16-9-11(3)12-4-5-12/h6-8,10-12,16H,4-5,9H2,1-3H3. The first-order valence-corrected chi connectivity index (χ1v) is 7.16. The summed E-state index contributed by atoms with van der Waals surface area (Å²) in [5.41, 5.74) is 0.887. The summed E-state index contributed by atoms with van der Waals surface area (Å²) >= 11 is 0. The molecule has 0 bridgehead atoms. The highest BCUT2D eigenvalue weighted by atomic mass is 16.6. The van der Waals surface area contributed by atoms with Crippen molar-refractivity contribution in [3.05, 3.63) is 28.3 Å². The second kappa shape index (κ2) is 6.11. The van der Waals surface area contributed by atoms with Crippen molar-refractivity contribution in [1.82, 2.24) is 0 Å². The summed E-state index contributed by atoms with van der Waals surface area (Å²) in [4.78, 5) is 10.6. The minimum absolute atomic E-state index is 0.0134. The molecule has 0 spiro atoms. The molecule has 0 heterocycles. The van der Waals surface area contributed by atoms with Crippen LogP contribution >= 0.6 is 0 Å². The molecule has 0 radical (unpaired) electrons. The van der Waals surface area contributed by atoms with Gasteiger partial charge in [-0.1, -0.05) is 6.92 Å². The first kappa shape index (κ1) is 14.6. The molecule has 0 aromatic heterocycles. The van der Waals surface area contributed by atoms with Gasteiger partial charge in [0.1, 0.15) is 0 Å². The van der Waals surface area contributed by atoms with Crippen LogP contribution in [0.2, 0.25) is 0 Å². The predicted octanol–water partition coefficient (Wildman–Crippen LogP) is 3.84. The molecule has 1 atom stereocenters. The second-order valence-electron chi connectivity index (χ2n) is 5.80. The van der Waals surface area contributed by atoms with Gasteiger partial charge in [-0.3, -0.25) is 10.1 Å². The highest BCUT2D eigenvalue weighted by Gasteiger charge is 2.27. The average molecular weight is 278 g/mol. The lowest BCUT2D eigenvalue weighted by molar-refractivity contribution is -0.386. The van der Waals surface area contributed by atoms with Gasteiger partial charge in [-0.2, -0.15) is 0 Å². The van der Waals surface area contributed by atoms with Crippen molar-refractivity contribution in [2.75, 3.05) is 11.9 Å². The average Bonchev–Trinajstić information content (AvgIpc) is 3.19. The molecule has 1 saturated carbocycles. The number of hydrogen-bond donors (Lipinski definition) is 1. The highest BCUT2D eigenvalue weighted by Crippen LogP contribution is 2.37.